The van der Waals surface area contributed by atoms with E-state index < -0.39 is 24.0 Å². The van der Waals surface area contributed by atoms with Gasteiger partial charge in [0.1, 0.15) is 12.4 Å². The zero-order valence-electron chi connectivity index (χ0n) is 19.7. The number of esters is 3. The molecule has 0 N–H and O–H groups in total. The molecule has 0 aliphatic rings. The van der Waals surface area contributed by atoms with Crippen LogP contribution in [-0.2, 0) is 23.8 Å². The topological polar surface area (TPSA) is 88.1 Å². The lowest BCUT2D eigenvalue weighted by Gasteiger charge is -2.18. The van der Waals surface area contributed by atoms with Gasteiger partial charge in [0, 0.05) is 20.5 Å². The van der Waals surface area contributed by atoms with Crippen LogP contribution in [-0.4, -0.2) is 43.8 Å². The van der Waals surface area contributed by atoms with Crippen molar-refractivity contribution < 1.29 is 33.3 Å². The van der Waals surface area contributed by atoms with E-state index in [4.69, 9.17) is 18.9 Å². The maximum absolute atomic E-state index is 12.4. The van der Waals surface area contributed by atoms with E-state index in [1.807, 2.05) is 24.3 Å². The first-order valence-electron chi connectivity index (χ1n) is 11.1. The molecule has 7 nitrogen and oxygen atoms in total. The van der Waals surface area contributed by atoms with Crippen molar-refractivity contribution in [1.29, 1.82) is 0 Å². The maximum atomic E-state index is 12.4. The fraction of sp³-hybridized carbons (Fsp3) is 0.423. The summed E-state index contributed by atoms with van der Waals surface area (Å²) in [6, 6.07) is 5.98. The van der Waals surface area contributed by atoms with Crippen LogP contribution in [0.15, 0.2) is 60.7 Å². The van der Waals surface area contributed by atoms with Crippen molar-refractivity contribution in [2.45, 2.75) is 52.6 Å². The largest absolute Gasteiger partial charge is 0.462 e. The van der Waals surface area contributed by atoms with E-state index in [1.54, 1.807) is 0 Å². The summed E-state index contributed by atoms with van der Waals surface area (Å²) in [6.45, 7) is 5.22. The van der Waals surface area contributed by atoms with Crippen molar-refractivity contribution in [2.75, 3.05) is 19.8 Å². The number of benzene rings is 1. The Morgan fingerprint density at radius 3 is 2.15 bits per heavy atom. The van der Waals surface area contributed by atoms with E-state index in [0.717, 1.165) is 25.7 Å². The molecule has 180 valence electrons. The highest BCUT2D eigenvalue weighted by Gasteiger charge is 2.18. The summed E-state index contributed by atoms with van der Waals surface area (Å²) >= 11 is 0. The predicted molar refractivity (Wildman–Crippen MR) is 126 cm³/mol. The number of ether oxygens (including phenoxy) is 4. The molecule has 0 aromatic heterocycles. The normalized spacial score (nSPS) is 12.3. The second-order valence-electron chi connectivity index (χ2n) is 7.19. The molecule has 1 aromatic carbocycles. The van der Waals surface area contributed by atoms with Gasteiger partial charge in [-0.1, -0.05) is 49.8 Å². The highest BCUT2D eigenvalue weighted by Crippen LogP contribution is 2.14. The van der Waals surface area contributed by atoms with Gasteiger partial charge in [0.2, 0.25) is 0 Å². The number of carbonyl (C=O) groups excluding carboxylic acids is 3. The van der Waals surface area contributed by atoms with Crippen LogP contribution in [0.3, 0.4) is 0 Å². The molecule has 1 unspecified atom stereocenters. The summed E-state index contributed by atoms with van der Waals surface area (Å²) < 4.78 is 21.0. The van der Waals surface area contributed by atoms with Crippen LogP contribution < -0.4 is 4.74 Å². The summed E-state index contributed by atoms with van der Waals surface area (Å²) in [4.78, 5) is 34.5. The third kappa shape index (κ3) is 14.5. The van der Waals surface area contributed by atoms with E-state index in [9.17, 15) is 14.4 Å². The summed E-state index contributed by atoms with van der Waals surface area (Å²) in [6.07, 6.45) is 15.4. The second kappa shape index (κ2) is 17.4. The molecule has 0 radical (unpaired) electrons. The molecule has 7 heteroatoms. The zero-order valence-corrected chi connectivity index (χ0v) is 19.7. The highest BCUT2D eigenvalue weighted by molar-refractivity contribution is 5.89. The molecular weight excluding hydrogens is 424 g/mol. The minimum absolute atomic E-state index is 0.0944. The summed E-state index contributed by atoms with van der Waals surface area (Å²) in [7, 11) is 0. The van der Waals surface area contributed by atoms with Crippen LogP contribution in [0.4, 0.5) is 0 Å². The molecule has 1 atom stereocenters. The van der Waals surface area contributed by atoms with Gasteiger partial charge >= 0.3 is 17.9 Å². The third-order valence-electron chi connectivity index (χ3n) is 4.12. The lowest BCUT2D eigenvalue weighted by Crippen LogP contribution is -2.29. The number of rotatable bonds is 15. The Balaban J connectivity index is 2.42. The number of hydrogen-bond donors (Lipinski definition) is 0. The average molecular weight is 459 g/mol. The van der Waals surface area contributed by atoms with Gasteiger partial charge in [-0.25, -0.2) is 4.79 Å². The van der Waals surface area contributed by atoms with Crippen molar-refractivity contribution >= 4 is 17.9 Å². The van der Waals surface area contributed by atoms with E-state index in [0.29, 0.717) is 12.4 Å². The van der Waals surface area contributed by atoms with E-state index in [2.05, 4.69) is 19.1 Å². The van der Waals surface area contributed by atoms with Gasteiger partial charge in [-0.2, -0.15) is 0 Å². The fourth-order valence-electron chi connectivity index (χ4n) is 2.53. The molecule has 0 saturated carbocycles. The molecule has 0 fully saturated rings. The summed E-state index contributed by atoms with van der Waals surface area (Å²) in [5, 5.41) is 0. The summed E-state index contributed by atoms with van der Waals surface area (Å²) in [5.41, 5.74) is 0.279. The number of hydrogen-bond acceptors (Lipinski definition) is 7. The molecule has 33 heavy (non-hydrogen) atoms. The Morgan fingerprint density at radius 2 is 1.55 bits per heavy atom. The van der Waals surface area contributed by atoms with Gasteiger partial charge in [-0.05, 0) is 43.5 Å². The Kier molecular flexibility index (Phi) is 14.7. The second-order valence-corrected chi connectivity index (χ2v) is 7.19. The number of unbranched alkanes of at least 4 members (excludes halogenated alkanes) is 2. The van der Waals surface area contributed by atoms with Gasteiger partial charge in [0.15, 0.2) is 6.10 Å². The predicted octanol–water partition coefficient (Wildman–Crippen LogP) is 4.97. The fourth-order valence-corrected chi connectivity index (χ4v) is 2.53. The van der Waals surface area contributed by atoms with Gasteiger partial charge in [-0.3, -0.25) is 9.59 Å². The van der Waals surface area contributed by atoms with Crippen LogP contribution in [0.1, 0.15) is 56.8 Å². The van der Waals surface area contributed by atoms with Crippen molar-refractivity contribution in [2.24, 2.45) is 0 Å². The Bertz CT molecular complexity index is 806. The number of carbonyl (C=O) groups is 3. The standard InChI is InChI=1S/C26H34O7/c1-4-5-6-7-8-9-10-11-12-13-18-30-19-25(20-31-21(2)27)33-26(29)23-14-16-24(17-15-23)32-22(3)28/h6-11,14-17,25H,4-5,12-13,18-20H2,1-3H3/b7-6+,9-8-,11-10+. The van der Waals surface area contributed by atoms with Crippen molar-refractivity contribution in [1.82, 2.24) is 0 Å². The molecule has 0 aliphatic carbocycles. The van der Waals surface area contributed by atoms with Crippen LogP contribution in [0.5, 0.6) is 5.75 Å². The van der Waals surface area contributed by atoms with Gasteiger partial charge in [0.05, 0.1) is 12.2 Å². The van der Waals surface area contributed by atoms with E-state index >= 15 is 0 Å². The average Bonchev–Trinajstić information content (AvgIpc) is 2.78. The monoisotopic (exact) mass is 458 g/mol. The van der Waals surface area contributed by atoms with Gasteiger partial charge < -0.3 is 18.9 Å². The third-order valence-corrected chi connectivity index (χ3v) is 4.12. The Labute approximate surface area is 196 Å². The molecular formula is C26H34O7. The SMILES string of the molecule is CCC/C=C/C=C\C=C\CCCOCC(COC(C)=O)OC(=O)c1ccc(OC(C)=O)cc1. The van der Waals surface area contributed by atoms with Crippen molar-refractivity contribution in [3.8, 4) is 5.75 Å². The van der Waals surface area contributed by atoms with Crippen molar-refractivity contribution in [3.05, 3.63) is 66.3 Å². The molecule has 0 bridgehead atoms. The Morgan fingerprint density at radius 1 is 0.879 bits per heavy atom. The van der Waals surface area contributed by atoms with Crippen LogP contribution in [0.25, 0.3) is 0 Å². The molecule has 1 rings (SSSR count). The maximum Gasteiger partial charge on any atom is 0.338 e. The molecule has 0 heterocycles. The number of allylic oxidation sites excluding steroid dienone is 6. The van der Waals surface area contributed by atoms with Gasteiger partial charge in [-0.15, -0.1) is 0 Å². The minimum atomic E-state index is -0.733. The van der Waals surface area contributed by atoms with Crippen LogP contribution >= 0.6 is 0 Å². The molecule has 0 saturated heterocycles. The van der Waals surface area contributed by atoms with Gasteiger partial charge in [0.25, 0.3) is 0 Å². The van der Waals surface area contributed by atoms with Crippen LogP contribution in [0, 0.1) is 0 Å². The molecule has 0 spiro atoms. The minimum Gasteiger partial charge on any atom is -0.462 e. The first-order valence-corrected chi connectivity index (χ1v) is 11.1. The first kappa shape index (κ1) is 27.8. The summed E-state index contributed by atoms with van der Waals surface area (Å²) in [5.74, 6) is -1.18. The highest BCUT2D eigenvalue weighted by atomic mass is 16.6. The lowest BCUT2D eigenvalue weighted by atomic mass is 10.2. The molecule has 0 aliphatic heterocycles. The molecule has 0 amide bonds. The lowest BCUT2D eigenvalue weighted by molar-refractivity contribution is -0.145. The Hall–Kier alpha value is -3.19. The van der Waals surface area contributed by atoms with Crippen molar-refractivity contribution in [3.63, 3.8) is 0 Å². The van der Waals surface area contributed by atoms with E-state index in [-0.39, 0.29) is 18.8 Å². The van der Waals surface area contributed by atoms with E-state index in [1.165, 1.54) is 38.1 Å². The smallest absolute Gasteiger partial charge is 0.338 e. The quantitative estimate of drug-likeness (QED) is 0.159. The van der Waals surface area contributed by atoms with Crippen LogP contribution in [0.2, 0.25) is 0 Å². The molecule has 1 aromatic rings. The zero-order chi connectivity index (χ0) is 24.3. The first-order chi connectivity index (χ1) is 15.9.